The van der Waals surface area contributed by atoms with Crippen molar-refractivity contribution in [1.29, 1.82) is 0 Å². The first-order chi connectivity index (χ1) is 6.71. The van der Waals surface area contributed by atoms with Gasteiger partial charge in [0.05, 0.1) is 11.1 Å². The van der Waals surface area contributed by atoms with E-state index in [4.69, 9.17) is 10.2 Å². The molecule has 0 amide bonds. The summed E-state index contributed by atoms with van der Waals surface area (Å²) in [5.41, 5.74) is 0.570. The van der Waals surface area contributed by atoms with E-state index >= 15 is 0 Å². The third-order valence-corrected chi connectivity index (χ3v) is 3.12. The molecule has 1 aliphatic carbocycles. The second-order valence-electron chi connectivity index (χ2n) is 4.24. The first-order valence-electron chi connectivity index (χ1n) is 4.61. The van der Waals surface area contributed by atoms with Gasteiger partial charge in [-0.25, -0.2) is 9.59 Å². The zero-order valence-corrected chi connectivity index (χ0v) is 9.21. The van der Waals surface area contributed by atoms with Crippen molar-refractivity contribution in [3.05, 3.63) is 22.3 Å². The minimum Gasteiger partial charge on any atom is -0.478 e. The molecule has 1 aliphatic rings. The van der Waals surface area contributed by atoms with E-state index in [-0.39, 0.29) is 11.1 Å². The van der Waals surface area contributed by atoms with Gasteiger partial charge in [0.15, 0.2) is 0 Å². The van der Waals surface area contributed by atoms with Crippen LogP contribution in [-0.4, -0.2) is 22.2 Å². The van der Waals surface area contributed by atoms with Crippen molar-refractivity contribution in [3.8, 4) is 0 Å². The summed E-state index contributed by atoms with van der Waals surface area (Å²) in [7, 11) is 0. The molecule has 0 radical (unpaired) electrons. The second-order valence-corrected chi connectivity index (χ2v) is 4.24. The molecule has 0 unspecified atom stereocenters. The maximum absolute atomic E-state index is 11.1. The van der Waals surface area contributed by atoms with Crippen molar-refractivity contribution < 1.29 is 19.8 Å². The number of carboxylic acid groups (broad SMARTS) is 2. The van der Waals surface area contributed by atoms with Crippen molar-refractivity contribution in [2.45, 2.75) is 27.7 Å². The fraction of sp³-hybridized carbons (Fsp3) is 0.455. The summed E-state index contributed by atoms with van der Waals surface area (Å²) >= 11 is 0. The van der Waals surface area contributed by atoms with Crippen LogP contribution in [0.2, 0.25) is 0 Å². The van der Waals surface area contributed by atoms with E-state index < -0.39 is 17.4 Å². The Morgan fingerprint density at radius 3 is 1.73 bits per heavy atom. The predicted octanol–water partition coefficient (Wildman–Crippen LogP) is 1.83. The van der Waals surface area contributed by atoms with E-state index in [1.54, 1.807) is 27.7 Å². The zero-order chi connectivity index (χ0) is 12.0. The fourth-order valence-corrected chi connectivity index (χ4v) is 2.12. The lowest BCUT2D eigenvalue weighted by Crippen LogP contribution is -2.20. The maximum atomic E-state index is 11.1. The van der Waals surface area contributed by atoms with Crippen LogP contribution in [-0.2, 0) is 9.59 Å². The molecular weight excluding hydrogens is 196 g/mol. The monoisotopic (exact) mass is 210 g/mol. The molecule has 0 fully saturated rings. The van der Waals surface area contributed by atoms with Gasteiger partial charge in [-0.05, 0) is 25.0 Å². The summed E-state index contributed by atoms with van der Waals surface area (Å²) in [5, 5.41) is 18.1. The highest BCUT2D eigenvalue weighted by atomic mass is 16.4. The molecule has 0 saturated heterocycles. The number of aliphatic carboxylic acids is 2. The Bertz CT molecular complexity index is 410. The first kappa shape index (κ1) is 11.5. The van der Waals surface area contributed by atoms with Gasteiger partial charge in [0.2, 0.25) is 0 Å². The lowest BCUT2D eigenvalue weighted by atomic mass is 9.81. The Morgan fingerprint density at radius 1 is 1.07 bits per heavy atom. The molecule has 0 aromatic heterocycles. The average molecular weight is 210 g/mol. The van der Waals surface area contributed by atoms with Crippen LogP contribution in [0.25, 0.3) is 0 Å². The Labute approximate surface area is 87.9 Å². The average Bonchev–Trinajstić information content (AvgIpc) is 2.17. The van der Waals surface area contributed by atoms with E-state index in [1.807, 2.05) is 0 Å². The van der Waals surface area contributed by atoms with Gasteiger partial charge in [-0.1, -0.05) is 13.8 Å². The molecule has 0 atom stereocenters. The van der Waals surface area contributed by atoms with E-state index in [1.165, 1.54) is 0 Å². The first-order valence-corrected chi connectivity index (χ1v) is 4.61. The lowest BCUT2D eigenvalue weighted by Gasteiger charge is -2.22. The van der Waals surface area contributed by atoms with Crippen LogP contribution in [0.15, 0.2) is 22.3 Å². The van der Waals surface area contributed by atoms with Gasteiger partial charge in [-0.15, -0.1) is 0 Å². The van der Waals surface area contributed by atoms with Crippen molar-refractivity contribution >= 4 is 11.9 Å². The molecule has 0 aromatic carbocycles. The molecule has 4 nitrogen and oxygen atoms in total. The summed E-state index contributed by atoms with van der Waals surface area (Å²) in [4.78, 5) is 22.1. The molecule has 15 heavy (non-hydrogen) atoms. The quantitative estimate of drug-likeness (QED) is 0.729. The Hall–Kier alpha value is -1.58. The summed E-state index contributed by atoms with van der Waals surface area (Å²) in [5.74, 6) is -2.11. The summed E-state index contributed by atoms with van der Waals surface area (Å²) in [6.07, 6.45) is 0. The second kappa shape index (κ2) is 3.22. The van der Waals surface area contributed by atoms with Crippen LogP contribution < -0.4 is 0 Å². The van der Waals surface area contributed by atoms with E-state index in [9.17, 15) is 9.59 Å². The topological polar surface area (TPSA) is 74.6 Å². The lowest BCUT2D eigenvalue weighted by molar-refractivity contribution is -0.133. The third-order valence-electron chi connectivity index (χ3n) is 3.12. The molecule has 0 heterocycles. The number of rotatable bonds is 2. The van der Waals surface area contributed by atoms with Crippen molar-refractivity contribution in [2.75, 3.05) is 0 Å². The van der Waals surface area contributed by atoms with Gasteiger partial charge in [0.25, 0.3) is 0 Å². The fourth-order valence-electron chi connectivity index (χ4n) is 2.12. The number of carboxylic acids is 2. The van der Waals surface area contributed by atoms with Crippen LogP contribution in [0.4, 0.5) is 0 Å². The molecule has 4 heteroatoms. The summed E-state index contributed by atoms with van der Waals surface area (Å²) < 4.78 is 0. The highest BCUT2D eigenvalue weighted by molar-refractivity contribution is 6.01. The van der Waals surface area contributed by atoms with Crippen molar-refractivity contribution in [2.24, 2.45) is 5.41 Å². The molecule has 0 spiro atoms. The molecule has 0 aliphatic heterocycles. The number of hydrogen-bond donors (Lipinski definition) is 2. The number of allylic oxidation sites excluding steroid dienone is 1. The molecular formula is C11H14O4. The maximum Gasteiger partial charge on any atom is 0.335 e. The van der Waals surface area contributed by atoms with Crippen LogP contribution in [0.5, 0.6) is 0 Å². The largest absolute Gasteiger partial charge is 0.478 e. The smallest absolute Gasteiger partial charge is 0.335 e. The third kappa shape index (κ3) is 1.46. The summed E-state index contributed by atoms with van der Waals surface area (Å²) in [6.45, 7) is 6.67. The number of carbonyl (C=O) groups is 2. The molecule has 0 aromatic rings. The van der Waals surface area contributed by atoms with Gasteiger partial charge in [0, 0.05) is 5.41 Å². The zero-order valence-electron chi connectivity index (χ0n) is 9.21. The normalized spacial score (nSPS) is 19.7. The standard InChI is InChI=1S/C11H14O4/c1-5-7(9(12)13)6(2)11(3,4)8(5)10(14)15/h1-4H3,(H,12,13)(H,14,15). The minimum atomic E-state index is -1.06. The Balaban J connectivity index is 3.49. The van der Waals surface area contributed by atoms with Gasteiger partial charge < -0.3 is 10.2 Å². The van der Waals surface area contributed by atoms with E-state index in [2.05, 4.69) is 0 Å². The van der Waals surface area contributed by atoms with Gasteiger partial charge >= 0.3 is 11.9 Å². The van der Waals surface area contributed by atoms with Gasteiger partial charge in [-0.2, -0.15) is 0 Å². The van der Waals surface area contributed by atoms with Crippen LogP contribution in [0.1, 0.15) is 27.7 Å². The van der Waals surface area contributed by atoms with Crippen molar-refractivity contribution in [3.63, 3.8) is 0 Å². The molecule has 2 N–H and O–H groups in total. The van der Waals surface area contributed by atoms with Crippen LogP contribution in [0.3, 0.4) is 0 Å². The van der Waals surface area contributed by atoms with Crippen molar-refractivity contribution in [1.82, 2.24) is 0 Å². The SMILES string of the molecule is CC1=C(C(=O)O)C(C)(C)C(C)=C1C(=O)O. The molecule has 0 bridgehead atoms. The van der Waals surface area contributed by atoms with Crippen LogP contribution >= 0.6 is 0 Å². The van der Waals surface area contributed by atoms with Gasteiger partial charge in [-0.3, -0.25) is 0 Å². The molecule has 1 rings (SSSR count). The Kier molecular flexibility index (Phi) is 2.47. The van der Waals surface area contributed by atoms with E-state index in [0.29, 0.717) is 11.1 Å². The summed E-state index contributed by atoms with van der Waals surface area (Å²) in [6, 6.07) is 0. The van der Waals surface area contributed by atoms with E-state index in [0.717, 1.165) is 0 Å². The molecule has 82 valence electrons. The van der Waals surface area contributed by atoms with Gasteiger partial charge in [0.1, 0.15) is 0 Å². The predicted molar refractivity (Wildman–Crippen MR) is 54.5 cm³/mol. The Morgan fingerprint density at radius 2 is 1.53 bits per heavy atom. The highest BCUT2D eigenvalue weighted by Gasteiger charge is 2.41. The highest BCUT2D eigenvalue weighted by Crippen LogP contribution is 2.46. The molecule has 0 saturated carbocycles. The minimum absolute atomic E-state index is 0.136. The number of hydrogen-bond acceptors (Lipinski definition) is 2. The van der Waals surface area contributed by atoms with Crippen LogP contribution in [0, 0.1) is 5.41 Å².